The molecular formula is C15H20FN3. The van der Waals surface area contributed by atoms with Gasteiger partial charge in [-0.25, -0.2) is 9.37 Å². The fraction of sp³-hybridized carbons (Fsp3) is 0.533. The van der Waals surface area contributed by atoms with Crippen LogP contribution in [0.25, 0.3) is 11.0 Å². The number of imidazole rings is 1. The van der Waals surface area contributed by atoms with Crippen molar-refractivity contribution in [1.82, 2.24) is 9.55 Å². The van der Waals surface area contributed by atoms with Crippen LogP contribution in [0.5, 0.6) is 0 Å². The summed E-state index contributed by atoms with van der Waals surface area (Å²) >= 11 is 0. The summed E-state index contributed by atoms with van der Waals surface area (Å²) in [6.07, 6.45) is 4.68. The second kappa shape index (κ2) is 4.22. The molecule has 1 aromatic carbocycles. The van der Waals surface area contributed by atoms with E-state index >= 15 is 0 Å². The molecule has 102 valence electrons. The molecular weight excluding hydrogens is 241 g/mol. The van der Waals surface area contributed by atoms with Crippen molar-refractivity contribution in [2.24, 2.45) is 5.41 Å². The number of halogens is 1. The smallest absolute Gasteiger partial charge is 0.201 e. The first kappa shape index (κ1) is 12.5. The monoisotopic (exact) mass is 261 g/mol. The molecule has 0 aliphatic heterocycles. The quantitative estimate of drug-likeness (QED) is 0.846. The van der Waals surface area contributed by atoms with Crippen molar-refractivity contribution in [3.63, 3.8) is 0 Å². The highest BCUT2D eigenvalue weighted by molar-refractivity contribution is 5.78. The Morgan fingerprint density at radius 1 is 1.42 bits per heavy atom. The Bertz CT molecular complexity index is 615. The minimum Gasteiger partial charge on any atom is -0.369 e. The van der Waals surface area contributed by atoms with Gasteiger partial charge in [-0.2, -0.15) is 0 Å². The van der Waals surface area contributed by atoms with E-state index in [1.165, 1.54) is 25.0 Å². The lowest BCUT2D eigenvalue weighted by Crippen LogP contribution is -2.25. The maximum Gasteiger partial charge on any atom is 0.201 e. The lowest BCUT2D eigenvalue weighted by Gasteiger charge is -2.36. The average Bonchev–Trinajstić information content (AvgIpc) is 2.62. The van der Waals surface area contributed by atoms with E-state index in [1.807, 2.05) is 0 Å². The van der Waals surface area contributed by atoms with Crippen molar-refractivity contribution in [3.8, 4) is 0 Å². The predicted molar refractivity (Wildman–Crippen MR) is 75.4 cm³/mol. The number of nitrogens with two attached hydrogens (primary N) is 1. The maximum absolute atomic E-state index is 13.3. The predicted octanol–water partition coefficient (Wildman–Crippen LogP) is 3.90. The average molecular weight is 261 g/mol. The normalized spacial score (nSPS) is 22.8. The molecule has 1 atom stereocenters. The van der Waals surface area contributed by atoms with E-state index in [0.717, 1.165) is 18.4 Å². The number of benzene rings is 1. The number of fused-ring (bicyclic) bond motifs is 1. The molecule has 1 unspecified atom stereocenters. The van der Waals surface area contributed by atoms with Crippen LogP contribution in [0.15, 0.2) is 18.2 Å². The molecule has 4 heteroatoms. The summed E-state index contributed by atoms with van der Waals surface area (Å²) in [6, 6.07) is 5.10. The standard InChI is InChI=1S/C15H20FN3/c1-15(2)7-3-4-11(9-15)19-13-6-5-10(16)8-12(13)18-14(19)17/h5-6,8,11H,3-4,7,9H2,1-2H3,(H2,17,18). The summed E-state index contributed by atoms with van der Waals surface area (Å²) in [5.74, 6) is 0.240. The van der Waals surface area contributed by atoms with E-state index in [2.05, 4.69) is 23.4 Å². The maximum atomic E-state index is 13.3. The Labute approximate surface area is 112 Å². The Morgan fingerprint density at radius 2 is 2.21 bits per heavy atom. The zero-order chi connectivity index (χ0) is 13.6. The zero-order valence-corrected chi connectivity index (χ0v) is 11.5. The van der Waals surface area contributed by atoms with Crippen LogP contribution < -0.4 is 5.73 Å². The molecule has 0 spiro atoms. The van der Waals surface area contributed by atoms with Gasteiger partial charge < -0.3 is 10.3 Å². The number of aromatic nitrogens is 2. The highest BCUT2D eigenvalue weighted by Crippen LogP contribution is 2.42. The van der Waals surface area contributed by atoms with E-state index in [0.29, 0.717) is 22.9 Å². The molecule has 0 amide bonds. The third-order valence-electron chi connectivity index (χ3n) is 4.22. The SMILES string of the molecule is CC1(C)CCCC(n2c(N)nc3cc(F)ccc32)C1. The van der Waals surface area contributed by atoms with Crippen molar-refractivity contribution in [2.75, 3.05) is 5.73 Å². The van der Waals surface area contributed by atoms with Crippen LogP contribution in [0.4, 0.5) is 10.3 Å². The Morgan fingerprint density at radius 3 is 2.95 bits per heavy atom. The van der Waals surface area contributed by atoms with Gasteiger partial charge in [-0.05, 0) is 36.8 Å². The fourth-order valence-corrected chi connectivity index (χ4v) is 3.35. The van der Waals surface area contributed by atoms with Gasteiger partial charge in [0.15, 0.2) is 0 Å². The number of nitrogen functional groups attached to an aromatic ring is 1. The molecule has 3 rings (SSSR count). The fourth-order valence-electron chi connectivity index (χ4n) is 3.35. The van der Waals surface area contributed by atoms with Gasteiger partial charge in [0.1, 0.15) is 5.82 Å². The van der Waals surface area contributed by atoms with Gasteiger partial charge in [-0.1, -0.05) is 20.3 Å². The second-order valence-electron chi connectivity index (χ2n) is 6.39. The summed E-state index contributed by atoms with van der Waals surface area (Å²) < 4.78 is 15.3. The minimum absolute atomic E-state index is 0.263. The van der Waals surface area contributed by atoms with Gasteiger partial charge in [-0.3, -0.25) is 0 Å². The van der Waals surface area contributed by atoms with Crippen molar-refractivity contribution in [3.05, 3.63) is 24.0 Å². The van der Waals surface area contributed by atoms with Gasteiger partial charge in [-0.15, -0.1) is 0 Å². The topological polar surface area (TPSA) is 43.8 Å². The van der Waals surface area contributed by atoms with Crippen LogP contribution in [-0.2, 0) is 0 Å². The van der Waals surface area contributed by atoms with E-state index in [4.69, 9.17) is 5.73 Å². The largest absolute Gasteiger partial charge is 0.369 e. The van der Waals surface area contributed by atoms with Crippen LogP contribution in [0.3, 0.4) is 0 Å². The van der Waals surface area contributed by atoms with Gasteiger partial charge in [0.2, 0.25) is 5.95 Å². The van der Waals surface area contributed by atoms with Crippen molar-refractivity contribution in [2.45, 2.75) is 45.6 Å². The van der Waals surface area contributed by atoms with E-state index in [-0.39, 0.29) is 5.82 Å². The molecule has 1 aromatic heterocycles. The van der Waals surface area contributed by atoms with Crippen molar-refractivity contribution >= 4 is 17.0 Å². The van der Waals surface area contributed by atoms with Gasteiger partial charge in [0, 0.05) is 12.1 Å². The van der Waals surface area contributed by atoms with E-state index in [1.54, 1.807) is 6.07 Å². The Balaban J connectivity index is 2.07. The highest BCUT2D eigenvalue weighted by Gasteiger charge is 2.30. The summed E-state index contributed by atoms with van der Waals surface area (Å²) in [7, 11) is 0. The summed E-state index contributed by atoms with van der Waals surface area (Å²) in [5, 5.41) is 0. The summed E-state index contributed by atoms with van der Waals surface area (Å²) in [5.41, 5.74) is 7.99. The van der Waals surface area contributed by atoms with Gasteiger partial charge in [0.05, 0.1) is 11.0 Å². The summed E-state index contributed by atoms with van der Waals surface area (Å²) in [4.78, 5) is 4.30. The molecule has 0 bridgehead atoms. The number of nitrogens with zero attached hydrogens (tertiary/aromatic N) is 2. The Kier molecular flexibility index (Phi) is 2.77. The number of hydrogen-bond acceptors (Lipinski definition) is 2. The van der Waals surface area contributed by atoms with E-state index in [9.17, 15) is 4.39 Å². The minimum atomic E-state index is -0.263. The zero-order valence-electron chi connectivity index (χ0n) is 11.5. The molecule has 19 heavy (non-hydrogen) atoms. The van der Waals surface area contributed by atoms with Crippen LogP contribution in [0, 0.1) is 11.2 Å². The van der Waals surface area contributed by atoms with Crippen LogP contribution in [0.1, 0.15) is 45.6 Å². The van der Waals surface area contributed by atoms with Crippen molar-refractivity contribution < 1.29 is 4.39 Å². The molecule has 2 N–H and O–H groups in total. The molecule has 0 saturated heterocycles. The molecule has 1 heterocycles. The first-order valence-electron chi connectivity index (χ1n) is 6.89. The molecule has 1 fully saturated rings. The molecule has 3 nitrogen and oxygen atoms in total. The first-order chi connectivity index (χ1) is 8.96. The lowest BCUT2D eigenvalue weighted by atomic mass is 9.75. The summed E-state index contributed by atoms with van der Waals surface area (Å²) in [6.45, 7) is 4.60. The van der Waals surface area contributed by atoms with Crippen molar-refractivity contribution in [1.29, 1.82) is 0 Å². The van der Waals surface area contributed by atoms with Crippen LogP contribution in [0.2, 0.25) is 0 Å². The molecule has 1 aliphatic carbocycles. The molecule has 0 radical (unpaired) electrons. The first-order valence-corrected chi connectivity index (χ1v) is 6.89. The second-order valence-corrected chi connectivity index (χ2v) is 6.39. The van der Waals surface area contributed by atoms with Crippen LogP contribution in [-0.4, -0.2) is 9.55 Å². The molecule has 2 aromatic rings. The van der Waals surface area contributed by atoms with Gasteiger partial charge >= 0.3 is 0 Å². The third-order valence-corrected chi connectivity index (χ3v) is 4.22. The number of anilines is 1. The van der Waals surface area contributed by atoms with Crippen LogP contribution >= 0.6 is 0 Å². The van der Waals surface area contributed by atoms with E-state index < -0.39 is 0 Å². The molecule has 1 aliphatic rings. The lowest BCUT2D eigenvalue weighted by molar-refractivity contribution is 0.187. The Hall–Kier alpha value is -1.58. The highest BCUT2D eigenvalue weighted by atomic mass is 19.1. The number of rotatable bonds is 1. The number of hydrogen-bond donors (Lipinski definition) is 1. The molecule has 1 saturated carbocycles. The third kappa shape index (κ3) is 2.20. The van der Waals surface area contributed by atoms with Gasteiger partial charge in [0.25, 0.3) is 0 Å².